The molecule has 0 radical (unpaired) electrons. The minimum atomic E-state index is -3.82. The molecule has 6 heteroatoms. The molecular weight excluding hydrogens is 278 g/mol. The molecule has 0 aliphatic rings. The van der Waals surface area contributed by atoms with E-state index in [1.54, 1.807) is 0 Å². The first-order valence-corrected chi connectivity index (χ1v) is 8.06. The lowest BCUT2D eigenvalue weighted by Gasteiger charge is -2.13. The number of hydrogen-bond acceptors (Lipinski definition) is 4. The Morgan fingerprint density at radius 3 is 2.60 bits per heavy atom. The smallest absolute Gasteiger partial charge is 0.244 e. The predicted molar refractivity (Wildman–Crippen MR) is 78.4 cm³/mol. The van der Waals surface area contributed by atoms with Crippen LogP contribution in [0.1, 0.15) is 31.7 Å². The van der Waals surface area contributed by atoms with Crippen LogP contribution in [0, 0.1) is 0 Å². The Hall–Kier alpha value is -1.53. The molecule has 0 atom stereocenters. The summed E-state index contributed by atoms with van der Waals surface area (Å²) >= 11 is 0. The summed E-state index contributed by atoms with van der Waals surface area (Å²) in [7, 11) is -3.82. The average Bonchev–Trinajstić information content (AvgIpc) is 2.35. The molecule has 0 aliphatic heterocycles. The average molecular weight is 299 g/mol. The number of unbranched alkanes of at least 4 members (excludes halogenated alkanes) is 2. The normalized spacial score (nSPS) is 11.4. The van der Waals surface area contributed by atoms with E-state index in [9.17, 15) is 18.6 Å². The maximum Gasteiger partial charge on any atom is 0.244 e. The number of sulfonamides is 1. The zero-order valence-corrected chi connectivity index (χ0v) is 12.4. The van der Waals surface area contributed by atoms with Crippen molar-refractivity contribution in [2.24, 2.45) is 0 Å². The standard InChI is InChI=1S/C14H21NO4S/c1-3-5-6-7-11-9-12(16)10-13(17)14(11)20(18,19)15-8-4-2/h4,9-10,15-17H,2-3,5-8H2,1H3. The van der Waals surface area contributed by atoms with E-state index in [1.807, 2.05) is 6.92 Å². The molecule has 0 fully saturated rings. The fraction of sp³-hybridized carbons (Fsp3) is 0.429. The Kier molecular flexibility index (Phi) is 6.04. The maximum absolute atomic E-state index is 12.2. The van der Waals surface area contributed by atoms with Gasteiger partial charge in [0, 0.05) is 12.6 Å². The number of aryl methyl sites for hydroxylation is 1. The quantitative estimate of drug-likeness (QED) is 0.508. The van der Waals surface area contributed by atoms with Gasteiger partial charge in [-0.05, 0) is 24.5 Å². The predicted octanol–water partition coefficient (Wildman–Crippen LogP) is 2.29. The highest BCUT2D eigenvalue weighted by Crippen LogP contribution is 2.32. The molecule has 0 aromatic heterocycles. The highest BCUT2D eigenvalue weighted by Gasteiger charge is 2.23. The maximum atomic E-state index is 12.2. The van der Waals surface area contributed by atoms with Gasteiger partial charge in [0.2, 0.25) is 10.0 Å². The van der Waals surface area contributed by atoms with Crippen molar-refractivity contribution in [1.82, 2.24) is 4.72 Å². The van der Waals surface area contributed by atoms with Crippen molar-refractivity contribution in [3.8, 4) is 11.5 Å². The van der Waals surface area contributed by atoms with E-state index < -0.39 is 15.8 Å². The number of benzene rings is 1. The van der Waals surface area contributed by atoms with Gasteiger partial charge in [-0.3, -0.25) is 0 Å². The molecule has 0 unspecified atom stereocenters. The molecule has 0 bridgehead atoms. The second-order valence-corrected chi connectivity index (χ2v) is 6.25. The second kappa shape index (κ2) is 7.31. The van der Waals surface area contributed by atoms with Crippen LogP contribution in [0.3, 0.4) is 0 Å². The Balaban J connectivity index is 3.18. The molecule has 20 heavy (non-hydrogen) atoms. The summed E-state index contributed by atoms with van der Waals surface area (Å²) in [5, 5.41) is 19.4. The Bertz CT molecular complexity index is 567. The zero-order chi connectivity index (χ0) is 15.2. The number of hydrogen-bond donors (Lipinski definition) is 3. The van der Waals surface area contributed by atoms with E-state index in [2.05, 4.69) is 11.3 Å². The van der Waals surface area contributed by atoms with E-state index in [1.165, 1.54) is 12.1 Å². The molecule has 1 aromatic carbocycles. The molecule has 0 aliphatic carbocycles. The lowest BCUT2D eigenvalue weighted by Crippen LogP contribution is -2.25. The number of phenolic OH excluding ortho intramolecular Hbond substituents is 2. The highest BCUT2D eigenvalue weighted by atomic mass is 32.2. The van der Waals surface area contributed by atoms with Crippen LogP contribution in [0.15, 0.2) is 29.7 Å². The third-order valence-electron chi connectivity index (χ3n) is 2.87. The number of rotatable bonds is 8. The molecule has 3 N–H and O–H groups in total. The molecule has 1 rings (SSSR count). The SMILES string of the molecule is C=CCNS(=O)(=O)c1c(O)cc(O)cc1CCCCC. The van der Waals surface area contributed by atoms with Crippen molar-refractivity contribution in [2.75, 3.05) is 6.54 Å². The van der Waals surface area contributed by atoms with Crippen molar-refractivity contribution in [2.45, 2.75) is 37.5 Å². The fourth-order valence-electron chi connectivity index (χ4n) is 1.96. The molecule has 0 heterocycles. The summed E-state index contributed by atoms with van der Waals surface area (Å²) in [5.74, 6) is -0.579. The van der Waals surface area contributed by atoms with Gasteiger partial charge < -0.3 is 10.2 Å². The zero-order valence-electron chi connectivity index (χ0n) is 11.6. The topological polar surface area (TPSA) is 86.6 Å². The number of phenols is 2. The van der Waals surface area contributed by atoms with Gasteiger partial charge in [0.25, 0.3) is 0 Å². The third kappa shape index (κ3) is 4.25. The van der Waals surface area contributed by atoms with Gasteiger partial charge in [-0.2, -0.15) is 0 Å². The first-order valence-electron chi connectivity index (χ1n) is 6.57. The molecule has 0 amide bonds. The summed E-state index contributed by atoms with van der Waals surface area (Å²) in [6, 6.07) is 2.42. The van der Waals surface area contributed by atoms with E-state index in [0.29, 0.717) is 12.0 Å². The van der Waals surface area contributed by atoms with Gasteiger partial charge in [-0.1, -0.05) is 25.8 Å². The van der Waals surface area contributed by atoms with E-state index >= 15 is 0 Å². The first kappa shape index (κ1) is 16.5. The first-order chi connectivity index (χ1) is 9.42. The number of nitrogens with one attached hydrogen (secondary N) is 1. The molecule has 0 saturated heterocycles. The lowest BCUT2D eigenvalue weighted by atomic mass is 10.1. The molecule has 112 valence electrons. The van der Waals surface area contributed by atoms with Crippen molar-refractivity contribution in [1.29, 1.82) is 0 Å². The minimum Gasteiger partial charge on any atom is -0.508 e. The monoisotopic (exact) mass is 299 g/mol. The van der Waals surface area contributed by atoms with Crippen molar-refractivity contribution < 1.29 is 18.6 Å². The summed E-state index contributed by atoms with van der Waals surface area (Å²) in [5.41, 5.74) is 0.424. The van der Waals surface area contributed by atoms with Crippen LogP contribution in [0.2, 0.25) is 0 Å². The summed E-state index contributed by atoms with van der Waals surface area (Å²) in [6.07, 6.45) is 4.66. The van der Waals surface area contributed by atoms with Gasteiger partial charge in [-0.15, -0.1) is 6.58 Å². The second-order valence-electron chi connectivity index (χ2n) is 4.55. The van der Waals surface area contributed by atoms with E-state index in [0.717, 1.165) is 25.3 Å². The summed E-state index contributed by atoms with van der Waals surface area (Å²) < 4.78 is 26.7. The third-order valence-corrected chi connectivity index (χ3v) is 4.42. The van der Waals surface area contributed by atoms with Crippen molar-refractivity contribution in [3.63, 3.8) is 0 Å². The van der Waals surface area contributed by atoms with Gasteiger partial charge in [0.1, 0.15) is 16.4 Å². The van der Waals surface area contributed by atoms with Crippen LogP contribution in [-0.2, 0) is 16.4 Å². The summed E-state index contributed by atoms with van der Waals surface area (Å²) in [6.45, 7) is 5.57. The highest BCUT2D eigenvalue weighted by molar-refractivity contribution is 7.89. The molecule has 5 nitrogen and oxygen atoms in total. The largest absolute Gasteiger partial charge is 0.508 e. The minimum absolute atomic E-state index is 0.0804. The van der Waals surface area contributed by atoms with Crippen LogP contribution in [0.25, 0.3) is 0 Å². The van der Waals surface area contributed by atoms with E-state index in [4.69, 9.17) is 0 Å². The van der Waals surface area contributed by atoms with Gasteiger partial charge in [0.15, 0.2) is 0 Å². The fourth-order valence-corrected chi connectivity index (χ4v) is 3.28. The molecule has 0 spiro atoms. The van der Waals surface area contributed by atoms with Gasteiger partial charge >= 0.3 is 0 Å². The van der Waals surface area contributed by atoms with Gasteiger partial charge in [-0.25, -0.2) is 13.1 Å². The Morgan fingerprint density at radius 2 is 2.00 bits per heavy atom. The van der Waals surface area contributed by atoms with Crippen LogP contribution in [-0.4, -0.2) is 25.2 Å². The van der Waals surface area contributed by atoms with Crippen LogP contribution in [0.5, 0.6) is 11.5 Å². The van der Waals surface area contributed by atoms with Gasteiger partial charge in [0.05, 0.1) is 0 Å². The van der Waals surface area contributed by atoms with E-state index in [-0.39, 0.29) is 17.2 Å². The lowest BCUT2D eigenvalue weighted by molar-refractivity contribution is 0.436. The molecule has 1 aromatic rings. The van der Waals surface area contributed by atoms with Crippen LogP contribution < -0.4 is 4.72 Å². The molecular formula is C14H21NO4S. The van der Waals surface area contributed by atoms with Crippen molar-refractivity contribution >= 4 is 10.0 Å². The van der Waals surface area contributed by atoms with Crippen molar-refractivity contribution in [3.05, 3.63) is 30.4 Å². The van der Waals surface area contributed by atoms with Crippen LogP contribution in [0.4, 0.5) is 0 Å². The molecule has 0 saturated carbocycles. The Labute approximate surface area is 120 Å². The number of aromatic hydroxyl groups is 2. The van der Waals surface area contributed by atoms with Crippen LogP contribution >= 0.6 is 0 Å². The summed E-state index contributed by atoms with van der Waals surface area (Å²) in [4.78, 5) is -0.159. The Morgan fingerprint density at radius 1 is 1.30 bits per heavy atom.